The molecule has 0 heterocycles. The van der Waals surface area contributed by atoms with Gasteiger partial charge >= 0.3 is 6.03 Å². The summed E-state index contributed by atoms with van der Waals surface area (Å²) in [5.41, 5.74) is 5.25. The summed E-state index contributed by atoms with van der Waals surface area (Å²) in [7, 11) is -4.04. The maximum atomic E-state index is 15.0. The van der Waals surface area contributed by atoms with E-state index in [-0.39, 0.29) is 40.6 Å². The number of hydrogen-bond acceptors (Lipinski definition) is 5. The topological polar surface area (TPSA) is 156 Å². The van der Waals surface area contributed by atoms with Crippen LogP contribution in [0.5, 0.6) is 0 Å². The quantitative estimate of drug-likeness (QED) is 0.316. The van der Waals surface area contributed by atoms with Crippen molar-refractivity contribution in [1.29, 1.82) is 0 Å². The average molecular weight is 532 g/mol. The summed E-state index contributed by atoms with van der Waals surface area (Å²) in [5.74, 6) is -1.76. The summed E-state index contributed by atoms with van der Waals surface area (Å²) in [6, 6.07) is 15.6. The molecular formula is C24H23ClFN5O4S. The average Bonchev–Trinajstić information content (AvgIpc) is 3.55. The van der Waals surface area contributed by atoms with Crippen molar-refractivity contribution >= 4 is 44.9 Å². The van der Waals surface area contributed by atoms with Crippen LogP contribution in [0.15, 0.2) is 71.6 Å². The Bertz CT molecular complexity index is 1430. The first kappa shape index (κ1) is 25.6. The Morgan fingerprint density at radius 1 is 1.06 bits per heavy atom. The Labute approximate surface area is 212 Å². The number of sulfonamides is 1. The van der Waals surface area contributed by atoms with Gasteiger partial charge in [-0.15, -0.1) is 0 Å². The molecule has 1 saturated carbocycles. The van der Waals surface area contributed by atoms with Crippen molar-refractivity contribution in [1.82, 2.24) is 5.32 Å². The largest absolute Gasteiger partial charge is 0.330 e. The molecule has 0 aliphatic heterocycles. The minimum atomic E-state index is -4.04. The van der Waals surface area contributed by atoms with Crippen LogP contribution < -0.4 is 26.8 Å². The minimum Gasteiger partial charge on any atom is -0.330 e. The van der Waals surface area contributed by atoms with E-state index in [9.17, 15) is 22.4 Å². The Hall–Kier alpha value is -3.51. The summed E-state index contributed by atoms with van der Waals surface area (Å²) in [5, 5.41) is 13.6. The lowest BCUT2D eigenvalue weighted by atomic mass is 10.0. The Morgan fingerprint density at radius 2 is 1.75 bits per heavy atom. The fraction of sp³-hybridized carbons (Fsp3) is 0.167. The first-order valence-corrected chi connectivity index (χ1v) is 12.7. The maximum Gasteiger partial charge on any atom is 0.320 e. The van der Waals surface area contributed by atoms with E-state index in [2.05, 4.69) is 16.0 Å². The molecule has 188 valence electrons. The van der Waals surface area contributed by atoms with Crippen LogP contribution >= 0.6 is 11.6 Å². The molecule has 1 aliphatic rings. The Morgan fingerprint density at radius 3 is 2.36 bits per heavy atom. The van der Waals surface area contributed by atoms with Crippen LogP contribution in [0.2, 0.25) is 5.02 Å². The lowest BCUT2D eigenvalue weighted by Crippen LogP contribution is -2.50. The number of nitrogens with one attached hydrogen (secondary N) is 3. The lowest BCUT2D eigenvalue weighted by Gasteiger charge is -2.20. The highest BCUT2D eigenvalue weighted by atomic mass is 35.5. The van der Waals surface area contributed by atoms with Crippen LogP contribution in [0.3, 0.4) is 0 Å². The van der Waals surface area contributed by atoms with Crippen LogP contribution in [-0.2, 0) is 14.8 Å². The highest BCUT2D eigenvalue weighted by Crippen LogP contribution is 2.44. The number of primary sulfonamides is 1. The van der Waals surface area contributed by atoms with E-state index >= 15 is 0 Å². The summed E-state index contributed by atoms with van der Waals surface area (Å²) >= 11 is 5.85. The van der Waals surface area contributed by atoms with E-state index in [1.807, 2.05) is 0 Å². The molecule has 0 radical (unpaired) electrons. The van der Waals surface area contributed by atoms with Crippen LogP contribution in [0.1, 0.15) is 6.42 Å². The molecule has 9 nitrogen and oxygen atoms in total. The maximum absolute atomic E-state index is 15.0. The molecule has 3 amide bonds. The van der Waals surface area contributed by atoms with Crippen molar-refractivity contribution in [3.8, 4) is 11.1 Å². The van der Waals surface area contributed by atoms with Gasteiger partial charge in [0.1, 0.15) is 11.4 Å². The molecule has 0 saturated heterocycles. The zero-order chi connectivity index (χ0) is 26.1. The van der Waals surface area contributed by atoms with Gasteiger partial charge < -0.3 is 21.7 Å². The first-order valence-electron chi connectivity index (χ1n) is 10.8. The highest BCUT2D eigenvalue weighted by molar-refractivity contribution is 7.89. The van der Waals surface area contributed by atoms with Crippen LogP contribution in [0.4, 0.5) is 20.6 Å². The molecule has 1 aliphatic carbocycles. The monoisotopic (exact) mass is 531 g/mol. The summed E-state index contributed by atoms with van der Waals surface area (Å²) in [6.45, 7) is 0.139. The van der Waals surface area contributed by atoms with Gasteiger partial charge in [-0.05, 0) is 61.0 Å². The normalized spacial score (nSPS) is 18.8. The fourth-order valence-corrected chi connectivity index (χ4v) is 4.86. The van der Waals surface area contributed by atoms with E-state index in [0.717, 1.165) is 6.07 Å². The summed E-state index contributed by atoms with van der Waals surface area (Å²) in [6.07, 6.45) is 0.283. The molecule has 7 N–H and O–H groups in total. The second-order valence-electron chi connectivity index (χ2n) is 8.38. The number of nitrogens with two attached hydrogens (primary N) is 2. The molecular weight excluding hydrogens is 509 g/mol. The van der Waals surface area contributed by atoms with E-state index in [1.54, 1.807) is 30.3 Å². The molecule has 2 unspecified atom stereocenters. The van der Waals surface area contributed by atoms with Gasteiger partial charge in [-0.1, -0.05) is 35.9 Å². The van der Waals surface area contributed by atoms with E-state index in [4.69, 9.17) is 22.5 Å². The van der Waals surface area contributed by atoms with E-state index < -0.39 is 33.3 Å². The molecule has 0 bridgehead atoms. The number of halogens is 2. The molecule has 0 spiro atoms. The van der Waals surface area contributed by atoms with Crippen molar-refractivity contribution in [2.45, 2.75) is 16.9 Å². The molecule has 3 aromatic rings. The highest BCUT2D eigenvalue weighted by Gasteiger charge is 2.60. The second kappa shape index (κ2) is 9.86. The third-order valence-electron chi connectivity index (χ3n) is 5.96. The number of benzene rings is 3. The number of anilines is 2. The summed E-state index contributed by atoms with van der Waals surface area (Å²) in [4.78, 5) is 25.5. The van der Waals surface area contributed by atoms with E-state index in [0.29, 0.717) is 10.7 Å². The zero-order valence-electron chi connectivity index (χ0n) is 18.8. The molecule has 36 heavy (non-hydrogen) atoms. The van der Waals surface area contributed by atoms with E-state index in [1.165, 1.54) is 30.3 Å². The number of carbonyl (C=O) groups is 2. The second-order valence-corrected chi connectivity index (χ2v) is 10.4. The van der Waals surface area contributed by atoms with Gasteiger partial charge in [0.05, 0.1) is 10.6 Å². The van der Waals surface area contributed by atoms with Crippen LogP contribution in [0.25, 0.3) is 11.1 Å². The standard InChI is InChI=1S/C24H23ClFN5O4S/c25-16-6-8-17(9-7-16)29-23(33)31-24(12-15(24)13-27)22(32)30-20-10-5-14(11-19(20)26)18-3-1-2-4-21(18)36(28,34)35/h1-11,15H,12-13,27H2,(H,30,32)(H2,28,34,35)(H2,29,31,33). The SMILES string of the molecule is NCC1CC1(NC(=O)Nc1ccc(Cl)cc1)C(=O)Nc1ccc(-c2ccccc2S(N)(=O)=O)cc1F. The van der Waals surface area contributed by atoms with Crippen molar-refractivity contribution in [3.05, 3.63) is 77.6 Å². The molecule has 0 aromatic heterocycles. The van der Waals surface area contributed by atoms with Gasteiger partial charge in [-0.25, -0.2) is 22.7 Å². The lowest BCUT2D eigenvalue weighted by molar-refractivity contribution is -0.119. The Balaban J connectivity index is 1.52. The fourth-order valence-electron chi connectivity index (χ4n) is 3.97. The van der Waals surface area contributed by atoms with Crippen molar-refractivity contribution in [3.63, 3.8) is 0 Å². The third-order valence-corrected chi connectivity index (χ3v) is 7.18. The van der Waals surface area contributed by atoms with Crippen molar-refractivity contribution in [2.24, 2.45) is 16.8 Å². The molecule has 1 fully saturated rings. The first-order chi connectivity index (χ1) is 17.0. The van der Waals surface area contributed by atoms with Crippen molar-refractivity contribution in [2.75, 3.05) is 17.2 Å². The third kappa shape index (κ3) is 5.34. The van der Waals surface area contributed by atoms with Crippen LogP contribution in [0, 0.1) is 11.7 Å². The number of amides is 3. The van der Waals surface area contributed by atoms with Gasteiger partial charge in [-0.2, -0.15) is 0 Å². The number of hydrogen-bond donors (Lipinski definition) is 5. The minimum absolute atomic E-state index is 0.139. The smallest absolute Gasteiger partial charge is 0.320 e. The van der Waals surface area contributed by atoms with Gasteiger partial charge in [0, 0.05) is 22.2 Å². The number of rotatable bonds is 7. The molecule has 4 rings (SSSR count). The van der Waals surface area contributed by atoms with Gasteiger partial charge in [0.25, 0.3) is 5.91 Å². The van der Waals surface area contributed by atoms with Gasteiger partial charge in [-0.3, -0.25) is 4.79 Å². The van der Waals surface area contributed by atoms with Crippen LogP contribution in [-0.4, -0.2) is 32.4 Å². The Kier molecular flexibility index (Phi) is 7.01. The predicted octanol–water partition coefficient (Wildman–Crippen LogP) is 3.27. The summed E-state index contributed by atoms with van der Waals surface area (Å²) < 4.78 is 38.7. The predicted molar refractivity (Wildman–Crippen MR) is 135 cm³/mol. The zero-order valence-corrected chi connectivity index (χ0v) is 20.4. The molecule has 2 atom stereocenters. The molecule has 3 aromatic carbocycles. The number of carbonyl (C=O) groups excluding carboxylic acids is 2. The molecule has 12 heteroatoms. The van der Waals surface area contributed by atoms with Gasteiger partial charge in [0.15, 0.2) is 0 Å². The van der Waals surface area contributed by atoms with Gasteiger partial charge in [0.2, 0.25) is 10.0 Å². The number of urea groups is 1. The van der Waals surface area contributed by atoms with Crippen molar-refractivity contribution < 1.29 is 22.4 Å².